The van der Waals surface area contributed by atoms with Crippen molar-refractivity contribution < 1.29 is 18.0 Å². The van der Waals surface area contributed by atoms with E-state index in [9.17, 15) is 18.0 Å². The number of amides is 2. The molecular formula is C27H41BrN8O4S. The third-order valence-electron chi connectivity index (χ3n) is 7.02. The lowest BCUT2D eigenvalue weighted by Crippen LogP contribution is -2.45. The molecule has 1 aromatic heterocycles. The number of hydrogen-bond acceptors (Lipinski definition) is 9. The third-order valence-corrected chi connectivity index (χ3v) is 9.47. The molecule has 3 rings (SSSR count). The molecule has 1 fully saturated rings. The van der Waals surface area contributed by atoms with Crippen molar-refractivity contribution in [1.29, 1.82) is 0 Å². The van der Waals surface area contributed by atoms with Crippen molar-refractivity contribution in [3.05, 3.63) is 40.0 Å². The molecule has 0 bridgehead atoms. The Hall–Kier alpha value is -2.81. The van der Waals surface area contributed by atoms with Crippen LogP contribution in [-0.4, -0.2) is 90.5 Å². The molecular weight excluding hydrogens is 612 g/mol. The Morgan fingerprint density at radius 3 is 2.59 bits per heavy atom. The lowest BCUT2D eigenvalue weighted by Gasteiger charge is -2.31. The van der Waals surface area contributed by atoms with Crippen LogP contribution in [0.2, 0.25) is 0 Å². The van der Waals surface area contributed by atoms with Gasteiger partial charge < -0.3 is 26.6 Å². The van der Waals surface area contributed by atoms with Gasteiger partial charge in [0.25, 0.3) is 5.91 Å². The van der Waals surface area contributed by atoms with Gasteiger partial charge in [-0.2, -0.15) is 4.98 Å². The highest BCUT2D eigenvalue weighted by Crippen LogP contribution is 2.28. The maximum absolute atomic E-state index is 12.9. The fourth-order valence-electron chi connectivity index (χ4n) is 4.75. The molecule has 1 saturated heterocycles. The zero-order chi connectivity index (χ0) is 30.0. The molecule has 14 heteroatoms. The summed E-state index contributed by atoms with van der Waals surface area (Å²) in [5, 5.41) is 9.20. The molecule has 0 radical (unpaired) electrons. The largest absolute Gasteiger partial charge is 0.366 e. The quantitative estimate of drug-likeness (QED) is 0.227. The molecule has 0 saturated carbocycles. The molecule has 5 N–H and O–H groups in total. The molecule has 1 aromatic carbocycles. The van der Waals surface area contributed by atoms with Gasteiger partial charge >= 0.3 is 0 Å². The number of anilines is 3. The maximum atomic E-state index is 12.9. The number of nitrogens with one attached hydrogen (secondary N) is 3. The van der Waals surface area contributed by atoms with E-state index < -0.39 is 15.9 Å². The minimum atomic E-state index is -3.49. The first kappa shape index (κ1) is 32.7. The summed E-state index contributed by atoms with van der Waals surface area (Å²) in [5.74, 6) is 0.0534. The summed E-state index contributed by atoms with van der Waals surface area (Å²) < 4.78 is 27.8. The molecule has 226 valence electrons. The minimum absolute atomic E-state index is 0.0139. The van der Waals surface area contributed by atoms with Crippen LogP contribution in [0.5, 0.6) is 0 Å². The topological polar surface area (TPSA) is 163 Å². The number of nitrogens with zero attached hydrogens (tertiary/aromatic N) is 4. The second kappa shape index (κ2) is 15.4. The van der Waals surface area contributed by atoms with Crippen molar-refractivity contribution >= 4 is 55.2 Å². The summed E-state index contributed by atoms with van der Waals surface area (Å²) in [4.78, 5) is 35.2. The van der Waals surface area contributed by atoms with Gasteiger partial charge in [0.15, 0.2) is 0 Å². The van der Waals surface area contributed by atoms with Crippen molar-refractivity contribution in [3.63, 3.8) is 0 Å². The zero-order valence-electron chi connectivity index (χ0n) is 24.0. The van der Waals surface area contributed by atoms with Gasteiger partial charge in [-0.15, -0.1) is 0 Å². The van der Waals surface area contributed by atoms with E-state index in [1.54, 1.807) is 12.3 Å². The smallest absolute Gasteiger partial charge is 0.251 e. The fraction of sp³-hybridized carbons (Fsp3) is 0.556. The summed E-state index contributed by atoms with van der Waals surface area (Å²) in [5.41, 5.74) is 7.25. The monoisotopic (exact) mass is 652 g/mol. The number of sulfonamides is 1. The summed E-state index contributed by atoms with van der Waals surface area (Å²) in [6.07, 6.45) is 4.16. The molecule has 1 aliphatic heterocycles. The molecule has 2 aromatic rings. The molecule has 1 aliphatic rings. The van der Waals surface area contributed by atoms with Crippen LogP contribution in [0, 0.1) is 6.92 Å². The van der Waals surface area contributed by atoms with Gasteiger partial charge in [-0.05, 0) is 66.8 Å². The van der Waals surface area contributed by atoms with Crippen LogP contribution in [0.3, 0.4) is 0 Å². The number of primary amides is 1. The predicted octanol–water partition coefficient (Wildman–Crippen LogP) is 2.83. The number of aromatic nitrogens is 2. The summed E-state index contributed by atoms with van der Waals surface area (Å²) in [6.45, 7) is 9.30. The van der Waals surface area contributed by atoms with Crippen LogP contribution >= 0.6 is 15.9 Å². The van der Waals surface area contributed by atoms with Gasteiger partial charge in [0.05, 0.1) is 21.5 Å². The van der Waals surface area contributed by atoms with Crippen molar-refractivity contribution in [2.75, 3.05) is 55.7 Å². The second-order valence-corrected chi connectivity index (χ2v) is 13.0. The van der Waals surface area contributed by atoms with Crippen molar-refractivity contribution in [2.45, 2.75) is 52.5 Å². The second-order valence-electron chi connectivity index (χ2n) is 10.0. The number of benzene rings is 1. The minimum Gasteiger partial charge on any atom is -0.366 e. The van der Waals surface area contributed by atoms with Gasteiger partial charge in [-0.3, -0.25) is 9.59 Å². The number of carbonyl (C=O) groups excluding carboxylic acids is 2. The van der Waals surface area contributed by atoms with Crippen LogP contribution in [0.4, 0.5) is 17.5 Å². The molecule has 0 aliphatic carbocycles. The van der Waals surface area contributed by atoms with Gasteiger partial charge in [0.2, 0.25) is 21.9 Å². The number of aryl methyl sites for hydroxylation is 1. The summed E-state index contributed by atoms with van der Waals surface area (Å²) >= 11 is 3.44. The standard InChI is InChI=1S/C27H41BrN8O4S/c1-4-13-35(5-2)14-11-23(37)30-12-17-41(39,40)36-15-9-20(10-16-36)32-27-31-18-21(28)26(34-27)33-22-8-6-7-19(3)24(22)25(29)38/h6-8,18,20H,4-5,9-17H2,1-3H3,(H2,29,38)(H,30,37)(H2,31,32,33,34). The average Bonchev–Trinajstić information content (AvgIpc) is 2.93. The van der Waals surface area contributed by atoms with Gasteiger partial charge in [0.1, 0.15) is 5.82 Å². The van der Waals surface area contributed by atoms with Crippen LogP contribution in [0.15, 0.2) is 28.9 Å². The first-order chi connectivity index (χ1) is 19.5. The fourth-order valence-corrected chi connectivity index (χ4v) is 6.43. The van der Waals surface area contributed by atoms with E-state index in [1.165, 1.54) is 4.31 Å². The lowest BCUT2D eigenvalue weighted by atomic mass is 10.1. The molecule has 0 atom stereocenters. The molecule has 41 heavy (non-hydrogen) atoms. The van der Waals surface area contributed by atoms with Gasteiger partial charge in [-0.25, -0.2) is 17.7 Å². The Kier molecular flexibility index (Phi) is 12.3. The highest BCUT2D eigenvalue weighted by molar-refractivity contribution is 9.10. The number of halogens is 1. The Bertz CT molecular complexity index is 1300. The summed E-state index contributed by atoms with van der Waals surface area (Å²) in [7, 11) is -3.49. The van der Waals surface area contributed by atoms with Crippen LogP contribution in [-0.2, 0) is 14.8 Å². The van der Waals surface area contributed by atoms with Crippen molar-refractivity contribution in [2.24, 2.45) is 5.73 Å². The molecule has 0 unspecified atom stereocenters. The molecule has 0 spiro atoms. The first-order valence-corrected chi connectivity index (χ1v) is 16.4. The molecule has 2 amide bonds. The number of piperidine rings is 1. The Morgan fingerprint density at radius 1 is 1.20 bits per heavy atom. The van der Waals surface area contributed by atoms with Crippen LogP contribution in [0.1, 0.15) is 55.5 Å². The number of hydrogen-bond donors (Lipinski definition) is 4. The Labute approximate surface area is 251 Å². The first-order valence-electron chi connectivity index (χ1n) is 14.0. The Morgan fingerprint density at radius 2 is 1.93 bits per heavy atom. The normalized spacial score (nSPS) is 14.7. The third kappa shape index (κ3) is 9.62. The van der Waals surface area contributed by atoms with Crippen molar-refractivity contribution in [3.8, 4) is 0 Å². The predicted molar refractivity (Wildman–Crippen MR) is 165 cm³/mol. The highest BCUT2D eigenvalue weighted by atomic mass is 79.9. The van der Waals surface area contributed by atoms with E-state index in [0.717, 1.165) is 25.1 Å². The summed E-state index contributed by atoms with van der Waals surface area (Å²) in [6, 6.07) is 5.37. The zero-order valence-corrected chi connectivity index (χ0v) is 26.4. The van der Waals surface area contributed by atoms with E-state index >= 15 is 0 Å². The number of rotatable bonds is 15. The van der Waals surface area contributed by atoms with Crippen LogP contribution in [0.25, 0.3) is 0 Å². The highest BCUT2D eigenvalue weighted by Gasteiger charge is 2.28. The maximum Gasteiger partial charge on any atom is 0.251 e. The SMILES string of the molecule is CCCN(CC)CCC(=O)NCCS(=O)(=O)N1CCC(Nc2ncc(Br)c(Nc3cccc(C)c3C(N)=O)n2)CC1. The van der Waals surface area contributed by atoms with E-state index in [4.69, 9.17) is 5.73 Å². The van der Waals surface area contributed by atoms with Gasteiger partial charge in [0, 0.05) is 44.8 Å². The number of carbonyl (C=O) groups is 2. The molecule has 12 nitrogen and oxygen atoms in total. The van der Waals surface area contributed by atoms with E-state index in [-0.39, 0.29) is 24.2 Å². The lowest BCUT2D eigenvalue weighted by molar-refractivity contribution is -0.121. The number of nitrogens with two attached hydrogens (primary N) is 1. The van der Waals surface area contributed by atoms with Crippen molar-refractivity contribution in [1.82, 2.24) is 24.5 Å². The van der Waals surface area contributed by atoms with Crippen LogP contribution < -0.4 is 21.7 Å². The Balaban J connectivity index is 1.49. The van der Waals surface area contributed by atoms with E-state index in [2.05, 4.69) is 60.6 Å². The van der Waals surface area contributed by atoms with Gasteiger partial charge in [-0.1, -0.05) is 26.0 Å². The molecule has 2 heterocycles. The van der Waals surface area contributed by atoms with E-state index in [1.807, 2.05) is 19.1 Å². The van der Waals surface area contributed by atoms with E-state index in [0.29, 0.717) is 66.4 Å². The average molecular weight is 654 g/mol.